The molecule has 0 atom stereocenters. The molecular weight excluding hydrogens is 282 g/mol. The standard InChI is InChI=1S/C15H11N5S/c16-15-18-12-7-6-10(8-13(12)21-15)14-19-17-9-20(14)11-4-2-1-3-5-11/h1-9H,(H2,16,18). The Kier molecular flexibility index (Phi) is 2.68. The van der Waals surface area contributed by atoms with E-state index < -0.39 is 0 Å². The van der Waals surface area contributed by atoms with Gasteiger partial charge in [-0.15, -0.1) is 10.2 Å². The van der Waals surface area contributed by atoms with Crippen LogP contribution in [0.2, 0.25) is 0 Å². The van der Waals surface area contributed by atoms with Gasteiger partial charge < -0.3 is 5.73 Å². The van der Waals surface area contributed by atoms with Crippen LogP contribution in [0.15, 0.2) is 54.9 Å². The summed E-state index contributed by atoms with van der Waals surface area (Å²) < 4.78 is 3.01. The fourth-order valence-electron chi connectivity index (χ4n) is 2.29. The third-order valence-corrected chi connectivity index (χ3v) is 4.09. The lowest BCUT2D eigenvalue weighted by molar-refractivity contribution is 1.06. The Morgan fingerprint density at radius 1 is 1.05 bits per heavy atom. The van der Waals surface area contributed by atoms with E-state index in [1.807, 2.05) is 53.1 Å². The fourth-order valence-corrected chi connectivity index (χ4v) is 3.06. The number of hydrogen-bond donors (Lipinski definition) is 1. The normalized spacial score (nSPS) is 11.0. The molecule has 0 aliphatic carbocycles. The summed E-state index contributed by atoms with van der Waals surface area (Å²) in [6.07, 6.45) is 1.72. The summed E-state index contributed by atoms with van der Waals surface area (Å²) in [5.74, 6) is 0.801. The van der Waals surface area contributed by atoms with Gasteiger partial charge in [0.25, 0.3) is 0 Å². The number of aromatic nitrogens is 4. The van der Waals surface area contributed by atoms with Crippen molar-refractivity contribution in [3.05, 3.63) is 54.9 Å². The molecule has 0 spiro atoms. The molecule has 2 heterocycles. The van der Waals surface area contributed by atoms with E-state index >= 15 is 0 Å². The Hall–Kier alpha value is -2.73. The van der Waals surface area contributed by atoms with Crippen LogP contribution in [0.5, 0.6) is 0 Å². The van der Waals surface area contributed by atoms with Gasteiger partial charge in [0, 0.05) is 11.3 Å². The molecule has 0 aliphatic heterocycles. The van der Waals surface area contributed by atoms with E-state index in [0.717, 1.165) is 27.3 Å². The minimum atomic E-state index is 0.576. The SMILES string of the molecule is Nc1nc2ccc(-c3nncn3-c3ccccc3)cc2s1. The lowest BCUT2D eigenvalue weighted by Crippen LogP contribution is -1.95. The van der Waals surface area contributed by atoms with Gasteiger partial charge in [0.15, 0.2) is 11.0 Å². The van der Waals surface area contributed by atoms with Crippen LogP contribution in [0.25, 0.3) is 27.3 Å². The van der Waals surface area contributed by atoms with Gasteiger partial charge in [-0.1, -0.05) is 29.5 Å². The third kappa shape index (κ3) is 2.05. The van der Waals surface area contributed by atoms with Crippen molar-refractivity contribution in [2.24, 2.45) is 0 Å². The molecule has 6 heteroatoms. The molecule has 0 fully saturated rings. The number of anilines is 1. The van der Waals surface area contributed by atoms with E-state index in [1.165, 1.54) is 11.3 Å². The lowest BCUT2D eigenvalue weighted by Gasteiger charge is -2.06. The highest BCUT2D eigenvalue weighted by Crippen LogP contribution is 2.29. The van der Waals surface area contributed by atoms with Crippen molar-refractivity contribution in [1.82, 2.24) is 19.7 Å². The summed E-state index contributed by atoms with van der Waals surface area (Å²) in [5.41, 5.74) is 8.69. The number of benzene rings is 2. The van der Waals surface area contributed by atoms with E-state index in [9.17, 15) is 0 Å². The summed E-state index contributed by atoms with van der Waals surface area (Å²) in [6, 6.07) is 16.0. The molecule has 4 aromatic rings. The largest absolute Gasteiger partial charge is 0.375 e. The van der Waals surface area contributed by atoms with E-state index in [4.69, 9.17) is 5.73 Å². The maximum atomic E-state index is 5.75. The van der Waals surface area contributed by atoms with Crippen molar-refractivity contribution < 1.29 is 0 Å². The molecule has 2 N–H and O–H groups in total. The van der Waals surface area contributed by atoms with Crippen molar-refractivity contribution >= 4 is 26.7 Å². The minimum Gasteiger partial charge on any atom is -0.375 e. The average Bonchev–Trinajstić information content (AvgIpc) is 3.12. The van der Waals surface area contributed by atoms with Crippen LogP contribution in [0, 0.1) is 0 Å². The fraction of sp³-hybridized carbons (Fsp3) is 0. The van der Waals surface area contributed by atoms with Crippen LogP contribution < -0.4 is 5.73 Å². The van der Waals surface area contributed by atoms with Gasteiger partial charge in [-0.3, -0.25) is 4.57 Å². The first-order valence-corrected chi connectivity index (χ1v) is 7.25. The van der Waals surface area contributed by atoms with Crippen LogP contribution in [0.3, 0.4) is 0 Å². The summed E-state index contributed by atoms with van der Waals surface area (Å²) in [4.78, 5) is 4.27. The first-order chi connectivity index (χ1) is 10.3. The number of nitrogen functional groups attached to an aromatic ring is 1. The molecule has 2 aromatic carbocycles. The zero-order valence-electron chi connectivity index (χ0n) is 11.0. The number of rotatable bonds is 2. The monoisotopic (exact) mass is 293 g/mol. The van der Waals surface area contributed by atoms with E-state index in [-0.39, 0.29) is 0 Å². The van der Waals surface area contributed by atoms with Gasteiger partial charge in [-0.25, -0.2) is 4.98 Å². The first-order valence-electron chi connectivity index (χ1n) is 6.43. The van der Waals surface area contributed by atoms with E-state index in [1.54, 1.807) is 6.33 Å². The second-order valence-electron chi connectivity index (χ2n) is 4.59. The summed E-state index contributed by atoms with van der Waals surface area (Å²) in [7, 11) is 0. The highest BCUT2D eigenvalue weighted by Gasteiger charge is 2.10. The summed E-state index contributed by atoms with van der Waals surface area (Å²) in [6.45, 7) is 0. The Morgan fingerprint density at radius 2 is 1.90 bits per heavy atom. The number of para-hydroxylation sites is 1. The average molecular weight is 293 g/mol. The minimum absolute atomic E-state index is 0.576. The van der Waals surface area contributed by atoms with Crippen molar-refractivity contribution in [3.63, 3.8) is 0 Å². The quantitative estimate of drug-likeness (QED) is 0.616. The smallest absolute Gasteiger partial charge is 0.181 e. The molecule has 0 unspecified atom stereocenters. The lowest BCUT2D eigenvalue weighted by atomic mass is 10.2. The predicted molar refractivity (Wildman–Crippen MR) is 84.4 cm³/mol. The molecule has 0 saturated heterocycles. The first kappa shape index (κ1) is 12.0. The number of thiazole rings is 1. The van der Waals surface area contributed by atoms with Gasteiger partial charge in [-0.05, 0) is 30.3 Å². The van der Waals surface area contributed by atoms with Gasteiger partial charge in [-0.2, -0.15) is 0 Å². The molecule has 0 radical (unpaired) electrons. The second-order valence-corrected chi connectivity index (χ2v) is 5.66. The maximum Gasteiger partial charge on any atom is 0.181 e. The molecule has 0 bridgehead atoms. The number of hydrogen-bond acceptors (Lipinski definition) is 5. The predicted octanol–water partition coefficient (Wildman–Crippen LogP) is 3.13. The van der Waals surface area contributed by atoms with Crippen LogP contribution in [-0.2, 0) is 0 Å². The van der Waals surface area contributed by atoms with Gasteiger partial charge in [0.1, 0.15) is 6.33 Å². The Balaban J connectivity index is 1.87. The van der Waals surface area contributed by atoms with Crippen LogP contribution in [0.4, 0.5) is 5.13 Å². The molecule has 21 heavy (non-hydrogen) atoms. The zero-order chi connectivity index (χ0) is 14.2. The molecular formula is C15H11N5S. The van der Waals surface area contributed by atoms with Gasteiger partial charge in [0.05, 0.1) is 10.2 Å². The Bertz CT molecular complexity index is 910. The van der Waals surface area contributed by atoms with Crippen LogP contribution >= 0.6 is 11.3 Å². The number of nitrogens with zero attached hydrogens (tertiary/aromatic N) is 4. The van der Waals surface area contributed by atoms with Crippen molar-refractivity contribution in [1.29, 1.82) is 0 Å². The van der Waals surface area contributed by atoms with Gasteiger partial charge in [0.2, 0.25) is 0 Å². The Labute approximate surface area is 124 Å². The molecule has 0 amide bonds. The summed E-state index contributed by atoms with van der Waals surface area (Å²) >= 11 is 1.47. The van der Waals surface area contributed by atoms with E-state index in [0.29, 0.717) is 5.13 Å². The summed E-state index contributed by atoms with van der Waals surface area (Å²) in [5, 5.41) is 8.85. The molecule has 0 saturated carbocycles. The van der Waals surface area contributed by atoms with Crippen molar-refractivity contribution in [3.8, 4) is 17.1 Å². The molecule has 2 aromatic heterocycles. The second kappa shape index (κ2) is 4.68. The van der Waals surface area contributed by atoms with Crippen molar-refractivity contribution in [2.45, 2.75) is 0 Å². The molecule has 102 valence electrons. The zero-order valence-corrected chi connectivity index (χ0v) is 11.8. The molecule has 5 nitrogen and oxygen atoms in total. The van der Waals surface area contributed by atoms with Crippen LogP contribution in [0.1, 0.15) is 0 Å². The highest BCUT2D eigenvalue weighted by molar-refractivity contribution is 7.22. The highest BCUT2D eigenvalue weighted by atomic mass is 32.1. The topological polar surface area (TPSA) is 69.6 Å². The van der Waals surface area contributed by atoms with Gasteiger partial charge >= 0.3 is 0 Å². The Morgan fingerprint density at radius 3 is 2.76 bits per heavy atom. The van der Waals surface area contributed by atoms with E-state index in [2.05, 4.69) is 15.2 Å². The maximum absolute atomic E-state index is 5.75. The van der Waals surface area contributed by atoms with Crippen LogP contribution in [-0.4, -0.2) is 19.7 Å². The van der Waals surface area contributed by atoms with Crippen molar-refractivity contribution in [2.75, 3.05) is 5.73 Å². The third-order valence-electron chi connectivity index (χ3n) is 3.25. The molecule has 4 rings (SSSR count). The number of fused-ring (bicyclic) bond motifs is 1. The number of nitrogens with two attached hydrogens (primary N) is 1. The molecule has 0 aliphatic rings.